The number of aromatic hydroxyl groups is 3. The second-order valence-electron chi connectivity index (χ2n) is 12.1. The minimum absolute atomic E-state index is 0.0154. The van der Waals surface area contributed by atoms with Crippen LogP contribution in [0.3, 0.4) is 0 Å². The number of benzene rings is 3. The van der Waals surface area contributed by atoms with Crippen LogP contribution in [0.1, 0.15) is 19.3 Å². The van der Waals surface area contributed by atoms with E-state index in [-0.39, 0.29) is 106 Å². The zero-order valence-electron chi connectivity index (χ0n) is 29.4. The molecule has 0 saturated carbocycles. The monoisotopic (exact) mass is 765 g/mol. The first-order valence-electron chi connectivity index (χ1n) is 16.9. The number of carbonyl (C=O) groups excluding carboxylic acids is 3. The first-order valence-corrected chi connectivity index (χ1v) is 16.9. The maximum Gasteiger partial charge on any atom is 0.331 e. The molecule has 1 aromatic heterocycles. The lowest BCUT2D eigenvalue weighted by Crippen LogP contribution is -2.14. The van der Waals surface area contributed by atoms with Crippen LogP contribution in [0.15, 0.2) is 161 Å². The molecule has 57 heavy (non-hydrogen) atoms. The number of phenols is 3. The molecule has 7 rings (SSSR count). The molecule has 3 aromatic carbocycles. The van der Waals surface area contributed by atoms with Gasteiger partial charge < -0.3 is 43.7 Å². The molecule has 3 aliphatic rings. The molecule has 15 heteroatoms. The predicted molar refractivity (Wildman–Crippen MR) is 198 cm³/mol. The van der Waals surface area contributed by atoms with Gasteiger partial charge >= 0.3 is 18.0 Å². The van der Waals surface area contributed by atoms with Crippen LogP contribution >= 0.6 is 0 Å². The summed E-state index contributed by atoms with van der Waals surface area (Å²) in [6.07, 6.45) is 8.76. The largest absolute Gasteiger partial charge is 0.508 e. The Labute approximate surface area is 322 Å². The molecular weight excluding hydrogens is 738 g/mol. The van der Waals surface area contributed by atoms with Gasteiger partial charge in [-0.05, 0) is 109 Å². The zero-order chi connectivity index (χ0) is 39.7. The summed E-state index contributed by atoms with van der Waals surface area (Å²) in [6, 6.07) is 16.6. The van der Waals surface area contributed by atoms with Gasteiger partial charge in [-0.15, -0.1) is 15.0 Å². The van der Waals surface area contributed by atoms with E-state index >= 15 is 0 Å². The third-order valence-corrected chi connectivity index (χ3v) is 7.99. The minimum atomic E-state index is -0.357. The highest BCUT2D eigenvalue weighted by Gasteiger charge is 2.24. The molecule has 0 aliphatic heterocycles. The average molecular weight is 766 g/mol. The fraction of sp³-hybridized carbons (Fsp3) is 0.0714. The Morgan fingerprint density at radius 3 is 0.895 bits per heavy atom. The van der Waals surface area contributed by atoms with Gasteiger partial charge in [0.15, 0.2) is 34.6 Å². The molecule has 0 atom stereocenters. The van der Waals surface area contributed by atoms with Crippen LogP contribution in [0.4, 0.5) is 0 Å². The Morgan fingerprint density at radius 1 is 0.386 bits per heavy atom. The average Bonchev–Trinajstić information content (AvgIpc) is 3.22. The molecule has 15 nitrogen and oxygen atoms in total. The molecule has 0 radical (unpaired) electrons. The van der Waals surface area contributed by atoms with Crippen molar-refractivity contribution in [3.63, 3.8) is 0 Å². The standard InChI is InChI=1S/C42H27N3O12/c46-22-25-1-16-34(37(19-25)52-31-10-4-28(49)5-11-31)55-40-43-41(56-35-17-2-26(23-47)20-38(35)53-32-12-6-29(50)7-13-32)45-42(44-40)57-36-18-3-27(24-48)21-39(36)54-33-14-8-30(51)9-15-33/h1-18,49-51H,19-21H2. The van der Waals surface area contributed by atoms with Crippen LogP contribution < -0.4 is 28.4 Å². The fourth-order valence-electron chi connectivity index (χ4n) is 5.23. The van der Waals surface area contributed by atoms with Crippen molar-refractivity contribution < 1.29 is 58.1 Å². The van der Waals surface area contributed by atoms with Gasteiger partial charge in [0.05, 0.1) is 0 Å². The lowest BCUT2D eigenvalue weighted by atomic mass is 10.1. The third kappa shape index (κ3) is 9.43. The SMILES string of the molecule is O=C=C1C=CC(Oc2nc(OC3=C(Oc4ccc(O)cc4)CC(=C=O)C=C3)nc(OC3=C(Oc4ccc(O)cc4)CC(=C=O)C=C3)n2)=C(Oc2ccc(O)cc2)C1. The second kappa shape index (κ2) is 16.8. The van der Waals surface area contributed by atoms with Crippen molar-refractivity contribution in [3.05, 3.63) is 161 Å². The van der Waals surface area contributed by atoms with E-state index in [0.717, 1.165) is 0 Å². The maximum absolute atomic E-state index is 11.6. The summed E-state index contributed by atoms with van der Waals surface area (Å²) in [7, 11) is 0. The van der Waals surface area contributed by atoms with Crippen molar-refractivity contribution in [2.45, 2.75) is 19.3 Å². The van der Waals surface area contributed by atoms with E-state index in [1.165, 1.54) is 109 Å². The predicted octanol–water partition coefficient (Wildman–Crippen LogP) is 6.15. The van der Waals surface area contributed by atoms with Gasteiger partial charge in [-0.25, -0.2) is 14.4 Å². The normalized spacial score (nSPS) is 14.8. The second-order valence-corrected chi connectivity index (χ2v) is 12.1. The molecule has 0 amide bonds. The van der Waals surface area contributed by atoms with Crippen LogP contribution in [0.5, 0.6) is 52.5 Å². The lowest BCUT2D eigenvalue weighted by Gasteiger charge is -2.19. The van der Waals surface area contributed by atoms with Crippen molar-refractivity contribution >= 4 is 17.8 Å². The van der Waals surface area contributed by atoms with E-state index in [1.54, 1.807) is 0 Å². The van der Waals surface area contributed by atoms with Crippen LogP contribution in [0.25, 0.3) is 0 Å². The molecule has 0 spiro atoms. The van der Waals surface area contributed by atoms with Crippen LogP contribution in [0, 0.1) is 0 Å². The number of hydrogen-bond donors (Lipinski definition) is 3. The number of phenolic OH excluding ortho intramolecular Hbond substituents is 3. The Kier molecular flexibility index (Phi) is 10.9. The molecule has 0 saturated heterocycles. The van der Waals surface area contributed by atoms with E-state index in [4.69, 9.17) is 28.4 Å². The Morgan fingerprint density at radius 2 is 0.649 bits per heavy atom. The van der Waals surface area contributed by atoms with E-state index in [2.05, 4.69) is 15.0 Å². The third-order valence-electron chi connectivity index (χ3n) is 7.99. The van der Waals surface area contributed by atoms with Gasteiger partial charge in [-0.2, -0.15) is 0 Å². The first kappa shape index (κ1) is 37.0. The maximum atomic E-state index is 11.6. The molecule has 282 valence electrons. The molecule has 0 unspecified atom stereocenters. The summed E-state index contributed by atoms with van der Waals surface area (Å²) in [5, 5.41) is 29.2. The highest BCUT2D eigenvalue weighted by atomic mass is 16.6. The van der Waals surface area contributed by atoms with E-state index in [1.807, 2.05) is 17.8 Å². The summed E-state index contributed by atoms with van der Waals surface area (Å²) in [4.78, 5) is 47.8. The number of nitrogens with zero attached hydrogens (tertiary/aromatic N) is 3. The lowest BCUT2D eigenvalue weighted by molar-refractivity contribution is 0.292. The van der Waals surface area contributed by atoms with E-state index in [9.17, 15) is 29.7 Å². The van der Waals surface area contributed by atoms with Crippen molar-refractivity contribution in [2.75, 3.05) is 0 Å². The highest BCUT2D eigenvalue weighted by Crippen LogP contribution is 2.33. The summed E-state index contributed by atoms with van der Waals surface area (Å²) in [5.74, 6) is 7.41. The Bertz CT molecular complexity index is 2270. The summed E-state index contributed by atoms with van der Waals surface area (Å²) >= 11 is 0. The molecule has 0 bridgehead atoms. The quantitative estimate of drug-likeness (QED) is 0.138. The topological polar surface area (TPSA) is 206 Å². The van der Waals surface area contributed by atoms with Crippen LogP contribution in [-0.2, 0) is 14.4 Å². The van der Waals surface area contributed by atoms with Gasteiger partial charge in [-0.1, -0.05) is 0 Å². The van der Waals surface area contributed by atoms with Gasteiger partial charge in [-0.3, -0.25) is 0 Å². The molecule has 1 heterocycles. The van der Waals surface area contributed by atoms with Gasteiger partial charge in [0.2, 0.25) is 0 Å². The minimum Gasteiger partial charge on any atom is -0.508 e. The number of hydrogen-bond acceptors (Lipinski definition) is 15. The Hall–Kier alpha value is -8.34. The van der Waals surface area contributed by atoms with Gasteiger partial charge in [0.1, 0.15) is 52.3 Å². The Balaban J connectivity index is 1.28. The highest BCUT2D eigenvalue weighted by molar-refractivity contribution is 5.62. The number of ether oxygens (including phenoxy) is 6. The molecule has 3 aliphatic carbocycles. The molecular formula is C42H27N3O12. The summed E-state index contributed by atoms with van der Waals surface area (Å²) in [6.45, 7) is 0. The molecule has 3 N–H and O–H groups in total. The smallest absolute Gasteiger partial charge is 0.331 e. The molecule has 4 aromatic rings. The van der Waals surface area contributed by atoms with Crippen LogP contribution in [0.2, 0.25) is 0 Å². The fourth-order valence-corrected chi connectivity index (χ4v) is 5.23. The van der Waals surface area contributed by atoms with Crippen molar-refractivity contribution in [2.24, 2.45) is 0 Å². The first-order chi connectivity index (χ1) is 27.7. The van der Waals surface area contributed by atoms with Crippen molar-refractivity contribution in [1.29, 1.82) is 0 Å². The summed E-state index contributed by atoms with van der Waals surface area (Å²) in [5.41, 5.74) is 0.796. The van der Waals surface area contributed by atoms with Crippen molar-refractivity contribution in [1.82, 2.24) is 15.0 Å². The van der Waals surface area contributed by atoms with E-state index in [0.29, 0.717) is 17.2 Å². The zero-order valence-corrected chi connectivity index (χ0v) is 29.4. The van der Waals surface area contributed by atoms with Crippen molar-refractivity contribution in [3.8, 4) is 52.5 Å². The summed E-state index contributed by atoms with van der Waals surface area (Å²) < 4.78 is 36.4. The van der Waals surface area contributed by atoms with Crippen LogP contribution in [-0.4, -0.2) is 48.1 Å². The van der Waals surface area contributed by atoms with E-state index < -0.39 is 0 Å². The number of allylic oxidation sites excluding steroid dienone is 9. The van der Waals surface area contributed by atoms with Gasteiger partial charge in [0.25, 0.3) is 0 Å². The molecule has 0 fully saturated rings. The number of aromatic nitrogens is 3. The number of rotatable bonds is 12. The van der Waals surface area contributed by atoms with Gasteiger partial charge in [0, 0.05) is 36.0 Å².